The lowest BCUT2D eigenvalue weighted by Gasteiger charge is -2.51. The second kappa shape index (κ2) is 4.77. The highest BCUT2D eigenvalue weighted by Crippen LogP contribution is 2.56. The van der Waals surface area contributed by atoms with Crippen LogP contribution in [0.15, 0.2) is 6.33 Å². The predicted octanol–water partition coefficient (Wildman–Crippen LogP) is 2.42. The number of aryl methyl sites for hydroxylation is 2. The molecule has 2 aromatic heterocycles. The zero-order chi connectivity index (χ0) is 17.3. The Morgan fingerprint density at radius 1 is 1.17 bits per heavy atom. The lowest BCUT2D eigenvalue weighted by atomic mass is 9.51. The van der Waals surface area contributed by atoms with Gasteiger partial charge < -0.3 is 0 Å². The molecular formula is C18H25N5O. The van der Waals surface area contributed by atoms with Crippen molar-refractivity contribution in [1.29, 1.82) is 0 Å². The largest absolute Gasteiger partial charge is 0.299 e. The molecule has 4 rings (SSSR count). The second-order valence-corrected chi connectivity index (χ2v) is 8.19. The van der Waals surface area contributed by atoms with Crippen LogP contribution >= 0.6 is 0 Å². The quantitative estimate of drug-likeness (QED) is 0.807. The van der Waals surface area contributed by atoms with Crippen LogP contribution in [0.3, 0.4) is 0 Å². The first-order valence-electron chi connectivity index (χ1n) is 8.71. The Kier molecular flexibility index (Phi) is 3.09. The fourth-order valence-corrected chi connectivity index (χ4v) is 5.10. The number of Topliss-reactive ketones (excluding diaryl/α,β-unsaturated/α-hetero) is 1. The van der Waals surface area contributed by atoms with Crippen molar-refractivity contribution in [2.24, 2.45) is 25.4 Å². The smallest absolute Gasteiger partial charge is 0.199 e. The molecule has 0 amide bonds. The number of hydrogen-bond donors (Lipinski definition) is 0. The summed E-state index contributed by atoms with van der Waals surface area (Å²) in [5.74, 6) is 1.48. The molecule has 1 fully saturated rings. The third kappa shape index (κ3) is 1.88. The number of nitrogens with zero attached hydrogens (tertiary/aromatic N) is 5. The molecule has 0 radical (unpaired) electrons. The molecule has 0 N–H and O–H groups in total. The van der Waals surface area contributed by atoms with Crippen molar-refractivity contribution in [1.82, 2.24) is 24.5 Å². The van der Waals surface area contributed by atoms with Crippen LogP contribution in [0.2, 0.25) is 0 Å². The molecule has 2 aliphatic carbocycles. The van der Waals surface area contributed by atoms with Gasteiger partial charge in [-0.2, -0.15) is 5.10 Å². The number of ketones is 1. The minimum absolute atomic E-state index is 0.0458. The first-order valence-corrected chi connectivity index (χ1v) is 8.71. The molecular weight excluding hydrogens is 302 g/mol. The average Bonchev–Trinajstić information content (AvgIpc) is 3.07. The zero-order valence-electron chi connectivity index (χ0n) is 15.1. The van der Waals surface area contributed by atoms with Crippen LogP contribution in [0.1, 0.15) is 51.3 Å². The maximum absolute atomic E-state index is 12.5. The highest BCUT2D eigenvalue weighted by atomic mass is 16.1. The van der Waals surface area contributed by atoms with E-state index in [9.17, 15) is 4.79 Å². The molecule has 0 aromatic carbocycles. The zero-order valence-corrected chi connectivity index (χ0v) is 15.1. The Hall–Kier alpha value is -1.98. The molecule has 1 saturated carbocycles. The molecule has 2 aromatic rings. The van der Waals surface area contributed by atoms with Crippen LogP contribution in [0.5, 0.6) is 0 Å². The van der Waals surface area contributed by atoms with Crippen LogP contribution in [-0.4, -0.2) is 30.3 Å². The van der Waals surface area contributed by atoms with Crippen LogP contribution in [0.4, 0.5) is 0 Å². The van der Waals surface area contributed by atoms with E-state index < -0.39 is 0 Å². The molecule has 6 nitrogen and oxygen atoms in total. The van der Waals surface area contributed by atoms with Crippen LogP contribution in [0, 0.1) is 11.3 Å². The molecule has 0 aliphatic heterocycles. The molecule has 6 heteroatoms. The second-order valence-electron chi connectivity index (χ2n) is 8.19. The van der Waals surface area contributed by atoms with Crippen molar-refractivity contribution in [3.63, 3.8) is 0 Å². The fourth-order valence-electron chi connectivity index (χ4n) is 5.10. The number of carbonyl (C=O) groups is 1. The lowest BCUT2D eigenvalue weighted by molar-refractivity contribution is -0.137. The minimum Gasteiger partial charge on any atom is -0.299 e. The predicted molar refractivity (Wildman–Crippen MR) is 90.4 cm³/mol. The monoisotopic (exact) mass is 327 g/mol. The van der Waals surface area contributed by atoms with E-state index in [1.165, 1.54) is 5.56 Å². The minimum atomic E-state index is -0.272. The number of fused-ring (bicyclic) bond motifs is 3. The van der Waals surface area contributed by atoms with Gasteiger partial charge in [-0.3, -0.25) is 14.2 Å². The summed E-state index contributed by atoms with van der Waals surface area (Å²) in [6, 6.07) is 0. The Labute approximate surface area is 142 Å². The number of rotatable bonds is 1. The summed E-state index contributed by atoms with van der Waals surface area (Å²) in [5.41, 5.74) is 3.14. The van der Waals surface area contributed by atoms with Gasteiger partial charge in [0.1, 0.15) is 17.8 Å². The van der Waals surface area contributed by atoms with Gasteiger partial charge >= 0.3 is 0 Å². The van der Waals surface area contributed by atoms with Crippen molar-refractivity contribution >= 4 is 5.78 Å². The fraction of sp³-hybridized carbons (Fsp3) is 0.667. The summed E-state index contributed by atoms with van der Waals surface area (Å²) in [6.45, 7) is 6.53. The first-order chi connectivity index (χ1) is 11.2. The number of aromatic nitrogens is 5. The van der Waals surface area contributed by atoms with E-state index in [0.29, 0.717) is 18.1 Å². The van der Waals surface area contributed by atoms with E-state index in [0.717, 1.165) is 36.5 Å². The van der Waals surface area contributed by atoms with Crippen molar-refractivity contribution in [2.75, 3.05) is 0 Å². The van der Waals surface area contributed by atoms with Crippen molar-refractivity contribution < 1.29 is 4.79 Å². The number of hydrogen-bond acceptors (Lipinski definition) is 4. The molecule has 2 aliphatic rings. The van der Waals surface area contributed by atoms with Crippen LogP contribution in [0.25, 0.3) is 11.5 Å². The van der Waals surface area contributed by atoms with Crippen LogP contribution < -0.4 is 0 Å². The molecule has 2 heterocycles. The van der Waals surface area contributed by atoms with Gasteiger partial charge in [-0.15, -0.1) is 5.10 Å². The first kappa shape index (κ1) is 15.5. The van der Waals surface area contributed by atoms with Gasteiger partial charge in [0.15, 0.2) is 5.82 Å². The van der Waals surface area contributed by atoms with Crippen molar-refractivity contribution in [3.05, 3.63) is 17.6 Å². The van der Waals surface area contributed by atoms with Crippen LogP contribution in [-0.2, 0) is 30.7 Å². The maximum Gasteiger partial charge on any atom is 0.199 e. The van der Waals surface area contributed by atoms with E-state index >= 15 is 0 Å². The summed E-state index contributed by atoms with van der Waals surface area (Å²) in [6.07, 6.45) is 5.22. The van der Waals surface area contributed by atoms with Crippen molar-refractivity contribution in [3.8, 4) is 11.5 Å². The SMILES string of the molecule is Cn1cnc(-c2c3c(nn2C)C2(C)CCC(=O)C(C)(C)[C@@H]2CC3)n1. The Balaban J connectivity index is 1.87. The average molecular weight is 327 g/mol. The van der Waals surface area contributed by atoms with Gasteiger partial charge in [0, 0.05) is 36.9 Å². The lowest BCUT2D eigenvalue weighted by Crippen LogP contribution is -2.52. The van der Waals surface area contributed by atoms with Gasteiger partial charge in [-0.05, 0) is 25.2 Å². The summed E-state index contributed by atoms with van der Waals surface area (Å²) in [5, 5.41) is 9.38. The summed E-state index contributed by atoms with van der Waals surface area (Å²) >= 11 is 0. The van der Waals surface area contributed by atoms with Gasteiger partial charge in [0.2, 0.25) is 0 Å². The molecule has 1 unspecified atom stereocenters. The number of carbonyl (C=O) groups excluding carboxylic acids is 1. The van der Waals surface area contributed by atoms with Gasteiger partial charge in [-0.25, -0.2) is 4.98 Å². The van der Waals surface area contributed by atoms with E-state index in [-0.39, 0.29) is 10.8 Å². The van der Waals surface area contributed by atoms with E-state index in [4.69, 9.17) is 5.10 Å². The van der Waals surface area contributed by atoms with Gasteiger partial charge in [0.25, 0.3) is 0 Å². The Morgan fingerprint density at radius 3 is 2.58 bits per heavy atom. The summed E-state index contributed by atoms with van der Waals surface area (Å²) in [4.78, 5) is 16.9. The molecule has 2 atom stereocenters. The molecule has 24 heavy (non-hydrogen) atoms. The third-order valence-corrected chi connectivity index (χ3v) is 6.41. The Bertz CT molecular complexity index is 831. The molecule has 0 spiro atoms. The van der Waals surface area contributed by atoms with Gasteiger partial charge in [0.05, 0.1) is 5.69 Å². The summed E-state index contributed by atoms with van der Waals surface area (Å²) < 4.78 is 3.65. The maximum atomic E-state index is 12.5. The molecule has 0 saturated heterocycles. The highest BCUT2D eigenvalue weighted by Gasteiger charge is 2.55. The summed E-state index contributed by atoms with van der Waals surface area (Å²) in [7, 11) is 3.85. The standard InChI is InChI=1S/C18H25N5O/c1-17(2)12-7-6-11-14(16-19-10-22(4)21-16)23(5)20-15(11)18(12,3)9-8-13(17)24/h10,12H,6-9H2,1-5H3/t12-,18?/m0/s1. The Morgan fingerprint density at radius 2 is 1.92 bits per heavy atom. The third-order valence-electron chi connectivity index (χ3n) is 6.41. The molecule has 0 bridgehead atoms. The van der Waals surface area contributed by atoms with E-state index in [1.54, 1.807) is 11.0 Å². The van der Waals surface area contributed by atoms with E-state index in [2.05, 4.69) is 30.9 Å². The van der Waals surface area contributed by atoms with E-state index in [1.807, 2.05) is 18.8 Å². The van der Waals surface area contributed by atoms with Crippen molar-refractivity contribution in [2.45, 2.75) is 51.9 Å². The highest BCUT2D eigenvalue weighted by molar-refractivity contribution is 5.86. The topological polar surface area (TPSA) is 65.6 Å². The molecule has 128 valence electrons. The normalized spacial score (nSPS) is 28.5. The van der Waals surface area contributed by atoms with Gasteiger partial charge in [-0.1, -0.05) is 20.8 Å².